The molecule has 3 rings (SSSR count). The van der Waals surface area contributed by atoms with Crippen LogP contribution in [0, 0.1) is 11.8 Å². The lowest BCUT2D eigenvalue weighted by atomic mass is 10.00. The summed E-state index contributed by atoms with van der Waals surface area (Å²) in [6.07, 6.45) is 3.35. The number of amidine groups is 1. The van der Waals surface area contributed by atoms with Crippen molar-refractivity contribution in [3.05, 3.63) is 18.0 Å². The molecule has 1 saturated heterocycles. The molecule has 3 atom stereocenters. The molecular weight excluding hydrogens is 246 g/mol. The molecule has 0 amide bonds. The van der Waals surface area contributed by atoms with Gasteiger partial charge in [-0.2, -0.15) is 0 Å². The quantitative estimate of drug-likeness (QED) is 0.294. The molecule has 2 heterocycles. The van der Waals surface area contributed by atoms with Crippen LogP contribution < -0.4 is 10.6 Å². The Morgan fingerprint density at radius 2 is 2.26 bits per heavy atom. The fourth-order valence-electron chi connectivity index (χ4n) is 3.09. The topological polar surface area (TPSA) is 108 Å². The summed E-state index contributed by atoms with van der Waals surface area (Å²) in [7, 11) is 0. The van der Waals surface area contributed by atoms with Crippen molar-refractivity contribution in [1.82, 2.24) is 9.97 Å². The van der Waals surface area contributed by atoms with E-state index in [2.05, 4.69) is 20.0 Å². The smallest absolute Gasteiger partial charge is 0.225 e. The number of aliphatic hydroxyl groups is 1. The minimum absolute atomic E-state index is 0.0249. The Labute approximate surface area is 110 Å². The highest BCUT2D eigenvalue weighted by Crippen LogP contribution is 2.38. The van der Waals surface area contributed by atoms with Gasteiger partial charge in [-0.15, -0.1) is 0 Å². The predicted octanol–water partition coefficient (Wildman–Crippen LogP) is -0.222. The van der Waals surface area contributed by atoms with Crippen molar-refractivity contribution in [2.45, 2.75) is 18.9 Å². The van der Waals surface area contributed by atoms with Crippen molar-refractivity contribution in [1.29, 1.82) is 0 Å². The van der Waals surface area contributed by atoms with Crippen molar-refractivity contribution in [2.24, 2.45) is 22.7 Å². The summed E-state index contributed by atoms with van der Waals surface area (Å²) < 4.78 is 0. The number of fused-ring (bicyclic) bond motifs is 1. The third-order valence-electron chi connectivity index (χ3n) is 4.11. The van der Waals surface area contributed by atoms with Crippen LogP contribution in [0.1, 0.15) is 18.5 Å². The van der Waals surface area contributed by atoms with Crippen LogP contribution in [0.3, 0.4) is 0 Å². The lowest BCUT2D eigenvalue weighted by Crippen LogP contribution is -2.27. The predicted molar refractivity (Wildman–Crippen MR) is 69.0 cm³/mol. The van der Waals surface area contributed by atoms with E-state index < -0.39 is 0 Å². The van der Waals surface area contributed by atoms with Gasteiger partial charge in [0.05, 0.1) is 6.10 Å². The molecule has 1 aromatic rings. The highest BCUT2D eigenvalue weighted by Gasteiger charge is 2.42. The van der Waals surface area contributed by atoms with Crippen molar-refractivity contribution in [2.75, 3.05) is 18.0 Å². The van der Waals surface area contributed by atoms with E-state index in [4.69, 9.17) is 10.9 Å². The van der Waals surface area contributed by atoms with Crippen LogP contribution in [0.5, 0.6) is 0 Å². The van der Waals surface area contributed by atoms with Gasteiger partial charge in [0.25, 0.3) is 0 Å². The first-order valence-electron chi connectivity index (χ1n) is 6.43. The maximum Gasteiger partial charge on any atom is 0.225 e. The van der Waals surface area contributed by atoms with Crippen LogP contribution in [-0.4, -0.2) is 45.3 Å². The van der Waals surface area contributed by atoms with E-state index in [1.807, 2.05) is 0 Å². The Morgan fingerprint density at radius 1 is 1.42 bits per heavy atom. The van der Waals surface area contributed by atoms with Gasteiger partial charge in [0, 0.05) is 25.2 Å². The van der Waals surface area contributed by atoms with Crippen molar-refractivity contribution in [3.63, 3.8) is 0 Å². The molecule has 0 bridgehead atoms. The zero-order chi connectivity index (χ0) is 13.4. The Bertz CT molecular complexity index is 507. The van der Waals surface area contributed by atoms with Crippen LogP contribution in [-0.2, 0) is 0 Å². The van der Waals surface area contributed by atoms with E-state index in [9.17, 15) is 5.11 Å². The first-order chi connectivity index (χ1) is 9.19. The molecule has 7 heteroatoms. The molecule has 1 aliphatic carbocycles. The maximum atomic E-state index is 9.91. The number of aromatic nitrogens is 2. The molecule has 3 unspecified atom stereocenters. The Morgan fingerprint density at radius 3 is 3.00 bits per heavy atom. The number of nitrogens with zero attached hydrogens (tertiary/aromatic N) is 4. The number of anilines is 1. The lowest BCUT2D eigenvalue weighted by Gasteiger charge is -2.18. The zero-order valence-corrected chi connectivity index (χ0v) is 10.5. The molecule has 7 nitrogen and oxygen atoms in total. The molecule has 19 heavy (non-hydrogen) atoms. The molecule has 0 spiro atoms. The highest BCUT2D eigenvalue weighted by atomic mass is 16.4. The van der Waals surface area contributed by atoms with Crippen LogP contribution >= 0.6 is 0 Å². The first kappa shape index (κ1) is 12.2. The fraction of sp³-hybridized carbons (Fsp3) is 0.583. The summed E-state index contributed by atoms with van der Waals surface area (Å²) in [6, 6.07) is 1.60. The Hall–Kier alpha value is -1.89. The second-order valence-electron chi connectivity index (χ2n) is 5.20. The van der Waals surface area contributed by atoms with Crippen molar-refractivity contribution >= 4 is 11.8 Å². The summed E-state index contributed by atoms with van der Waals surface area (Å²) in [5.74, 6) is 1.39. The second kappa shape index (κ2) is 4.65. The van der Waals surface area contributed by atoms with E-state index in [1.54, 1.807) is 12.3 Å². The van der Waals surface area contributed by atoms with Gasteiger partial charge in [-0.25, -0.2) is 9.97 Å². The third kappa shape index (κ3) is 2.10. The summed E-state index contributed by atoms with van der Waals surface area (Å²) in [6.45, 7) is 1.63. The van der Waals surface area contributed by atoms with Crippen molar-refractivity contribution in [3.8, 4) is 0 Å². The molecule has 2 aliphatic rings. The van der Waals surface area contributed by atoms with Crippen LogP contribution in [0.2, 0.25) is 0 Å². The number of hydrogen-bond donors (Lipinski definition) is 3. The maximum absolute atomic E-state index is 9.91. The summed E-state index contributed by atoms with van der Waals surface area (Å²) in [5, 5.41) is 21.5. The molecule has 1 aliphatic heterocycles. The SMILES string of the molecule is N/C(=N/O)c1ccnc(N2CC3CCC(O)C3C2)n1. The second-order valence-corrected chi connectivity index (χ2v) is 5.20. The molecule has 0 radical (unpaired) electrons. The highest BCUT2D eigenvalue weighted by molar-refractivity contribution is 5.95. The number of oxime groups is 1. The summed E-state index contributed by atoms with van der Waals surface area (Å²) in [5.41, 5.74) is 5.93. The molecule has 102 valence electrons. The van der Waals surface area contributed by atoms with Crippen LogP contribution in [0.25, 0.3) is 0 Å². The zero-order valence-electron chi connectivity index (χ0n) is 10.5. The van der Waals surface area contributed by atoms with Gasteiger partial charge in [-0.1, -0.05) is 5.16 Å². The third-order valence-corrected chi connectivity index (χ3v) is 4.11. The van der Waals surface area contributed by atoms with E-state index in [0.717, 1.165) is 25.9 Å². The van der Waals surface area contributed by atoms with Gasteiger partial charge in [0.1, 0.15) is 5.69 Å². The molecule has 1 aromatic heterocycles. The Balaban J connectivity index is 1.81. The fourth-order valence-corrected chi connectivity index (χ4v) is 3.09. The van der Waals surface area contributed by atoms with Crippen molar-refractivity contribution < 1.29 is 10.3 Å². The minimum Gasteiger partial charge on any atom is -0.409 e. The summed E-state index contributed by atoms with van der Waals surface area (Å²) in [4.78, 5) is 10.6. The lowest BCUT2D eigenvalue weighted by molar-refractivity contribution is 0.133. The van der Waals surface area contributed by atoms with E-state index in [0.29, 0.717) is 23.5 Å². The Kier molecular flexibility index (Phi) is 2.98. The van der Waals surface area contributed by atoms with Gasteiger partial charge < -0.3 is 20.9 Å². The summed E-state index contributed by atoms with van der Waals surface area (Å²) >= 11 is 0. The standard InChI is InChI=1S/C12H17N5O2/c13-11(16-19)9-3-4-14-12(15-9)17-5-7-1-2-10(18)8(7)6-17/h3-4,7-8,10,18-19H,1-2,5-6H2,(H2,13,16). The molecular formula is C12H17N5O2. The largest absolute Gasteiger partial charge is 0.409 e. The average molecular weight is 263 g/mol. The van der Waals surface area contributed by atoms with Gasteiger partial charge in [-0.05, 0) is 24.8 Å². The molecule has 0 aromatic carbocycles. The first-order valence-corrected chi connectivity index (χ1v) is 6.43. The normalized spacial score (nSPS) is 30.7. The monoisotopic (exact) mass is 263 g/mol. The van der Waals surface area contributed by atoms with Gasteiger partial charge in [0.2, 0.25) is 5.95 Å². The minimum atomic E-state index is -0.206. The molecule has 4 N–H and O–H groups in total. The number of hydrogen-bond acceptors (Lipinski definition) is 6. The van der Waals surface area contributed by atoms with Gasteiger partial charge in [0.15, 0.2) is 5.84 Å². The van der Waals surface area contributed by atoms with Gasteiger partial charge >= 0.3 is 0 Å². The van der Waals surface area contributed by atoms with E-state index in [1.165, 1.54) is 0 Å². The molecule has 2 fully saturated rings. The van der Waals surface area contributed by atoms with Crippen LogP contribution in [0.15, 0.2) is 17.4 Å². The number of aliphatic hydroxyl groups excluding tert-OH is 1. The molecule has 1 saturated carbocycles. The van der Waals surface area contributed by atoms with Crippen LogP contribution in [0.4, 0.5) is 5.95 Å². The van der Waals surface area contributed by atoms with E-state index >= 15 is 0 Å². The number of nitrogens with two attached hydrogens (primary N) is 1. The van der Waals surface area contributed by atoms with E-state index in [-0.39, 0.29) is 11.9 Å². The number of rotatable bonds is 2. The average Bonchev–Trinajstić information content (AvgIpc) is 3.01. The van der Waals surface area contributed by atoms with Gasteiger partial charge in [-0.3, -0.25) is 0 Å².